The molecular formula is C27H36N4O5. The van der Waals surface area contributed by atoms with Crippen molar-refractivity contribution in [3.05, 3.63) is 46.3 Å². The molecule has 9 heteroatoms. The lowest BCUT2D eigenvalue weighted by Gasteiger charge is -2.34. The minimum absolute atomic E-state index is 0.00237. The fourth-order valence-electron chi connectivity index (χ4n) is 4.25. The first-order valence-electron chi connectivity index (χ1n) is 12.3. The summed E-state index contributed by atoms with van der Waals surface area (Å²) in [5.74, 6) is -0.0837. The molecule has 36 heavy (non-hydrogen) atoms. The summed E-state index contributed by atoms with van der Waals surface area (Å²) < 4.78 is 18.0. The number of amides is 1. The average molecular weight is 497 g/mol. The second-order valence-corrected chi connectivity index (χ2v) is 10.2. The average Bonchev–Trinajstić information content (AvgIpc) is 3.15. The van der Waals surface area contributed by atoms with Crippen LogP contribution >= 0.6 is 0 Å². The van der Waals surface area contributed by atoms with Gasteiger partial charge in [-0.2, -0.15) is 10.4 Å². The van der Waals surface area contributed by atoms with E-state index in [1.807, 2.05) is 17.7 Å². The van der Waals surface area contributed by atoms with Gasteiger partial charge in [0.15, 0.2) is 6.04 Å². The van der Waals surface area contributed by atoms with E-state index < -0.39 is 23.7 Å². The molecule has 0 saturated carbocycles. The van der Waals surface area contributed by atoms with Crippen LogP contribution in [-0.2, 0) is 32.0 Å². The van der Waals surface area contributed by atoms with Crippen molar-refractivity contribution in [3.63, 3.8) is 0 Å². The molecule has 2 heterocycles. The fraction of sp³-hybridized carbons (Fsp3) is 0.556. The van der Waals surface area contributed by atoms with Crippen LogP contribution in [0.15, 0.2) is 18.2 Å². The number of fused-ring (bicyclic) bond motifs is 1. The Kier molecular flexibility index (Phi) is 8.41. The van der Waals surface area contributed by atoms with E-state index in [9.17, 15) is 14.9 Å². The molecule has 1 aliphatic heterocycles. The van der Waals surface area contributed by atoms with Crippen molar-refractivity contribution in [1.29, 1.82) is 5.26 Å². The number of ether oxygens (including phenoxy) is 3. The van der Waals surface area contributed by atoms with E-state index in [0.717, 1.165) is 16.9 Å². The van der Waals surface area contributed by atoms with Crippen molar-refractivity contribution in [1.82, 2.24) is 14.7 Å². The van der Waals surface area contributed by atoms with Gasteiger partial charge in [-0.3, -0.25) is 4.90 Å². The second kappa shape index (κ2) is 11.1. The van der Waals surface area contributed by atoms with Crippen LogP contribution in [0.5, 0.6) is 0 Å². The largest absolute Gasteiger partial charge is 0.464 e. The van der Waals surface area contributed by atoms with Crippen molar-refractivity contribution < 1.29 is 23.8 Å². The van der Waals surface area contributed by atoms with Crippen LogP contribution in [0.2, 0.25) is 0 Å². The molecule has 0 fully saturated rings. The zero-order valence-corrected chi connectivity index (χ0v) is 22.3. The number of hydrogen-bond donors (Lipinski definition) is 0. The number of nitrogens with zero attached hydrogens (tertiary/aromatic N) is 4. The monoisotopic (exact) mass is 496 g/mol. The summed E-state index contributed by atoms with van der Waals surface area (Å²) in [6.45, 7) is 13.8. The third kappa shape index (κ3) is 6.05. The predicted molar refractivity (Wildman–Crippen MR) is 134 cm³/mol. The first-order valence-corrected chi connectivity index (χ1v) is 12.3. The van der Waals surface area contributed by atoms with Gasteiger partial charge < -0.3 is 14.2 Å². The molecule has 1 atom stereocenters. The summed E-state index contributed by atoms with van der Waals surface area (Å²) in [7, 11) is 0. The molecule has 0 radical (unpaired) electrons. The highest BCUT2D eigenvalue weighted by molar-refractivity contribution is 5.71. The van der Waals surface area contributed by atoms with E-state index in [0.29, 0.717) is 30.1 Å². The summed E-state index contributed by atoms with van der Waals surface area (Å²) in [6, 6.07) is 7.62. The summed E-state index contributed by atoms with van der Waals surface area (Å²) in [6.07, 6.45) is -0.0634. The Balaban J connectivity index is 2.04. The molecule has 0 saturated heterocycles. The van der Waals surface area contributed by atoms with Gasteiger partial charge in [-0.25, -0.2) is 14.3 Å². The molecule has 1 aliphatic rings. The van der Waals surface area contributed by atoms with E-state index in [1.165, 1.54) is 10.5 Å². The molecule has 3 rings (SSSR count). The van der Waals surface area contributed by atoms with Crippen molar-refractivity contribution in [2.24, 2.45) is 0 Å². The van der Waals surface area contributed by atoms with Gasteiger partial charge in [-0.1, -0.05) is 26.0 Å². The van der Waals surface area contributed by atoms with Gasteiger partial charge in [0.2, 0.25) is 0 Å². The number of hydrogen-bond acceptors (Lipinski definition) is 7. The minimum Gasteiger partial charge on any atom is -0.464 e. The molecule has 0 spiro atoms. The summed E-state index contributed by atoms with van der Waals surface area (Å²) in [5, 5.41) is 15.0. The van der Waals surface area contributed by atoms with Gasteiger partial charge in [-0.05, 0) is 57.7 Å². The molecule has 0 unspecified atom stereocenters. The third-order valence-corrected chi connectivity index (χ3v) is 5.90. The van der Waals surface area contributed by atoms with Crippen LogP contribution in [0.4, 0.5) is 4.79 Å². The molecule has 0 bridgehead atoms. The molecule has 2 aromatic rings. The van der Waals surface area contributed by atoms with Crippen LogP contribution in [0.3, 0.4) is 0 Å². The van der Waals surface area contributed by atoms with E-state index in [-0.39, 0.29) is 19.8 Å². The van der Waals surface area contributed by atoms with Gasteiger partial charge in [0.25, 0.3) is 0 Å². The zero-order chi connectivity index (χ0) is 26.6. The fourth-order valence-corrected chi connectivity index (χ4v) is 4.25. The summed E-state index contributed by atoms with van der Waals surface area (Å²) in [5.41, 5.74) is 4.44. The minimum atomic E-state index is -0.895. The number of aryl methyl sites for hydroxylation is 1. The van der Waals surface area contributed by atoms with Crippen LogP contribution in [0.25, 0.3) is 5.69 Å². The Bertz CT molecular complexity index is 1160. The molecule has 0 aliphatic carbocycles. The van der Waals surface area contributed by atoms with Crippen LogP contribution in [0.1, 0.15) is 81.6 Å². The van der Waals surface area contributed by atoms with E-state index in [2.05, 4.69) is 32.0 Å². The second-order valence-electron chi connectivity index (χ2n) is 10.2. The molecule has 1 aromatic heterocycles. The normalized spacial score (nSPS) is 15.4. The maximum absolute atomic E-state index is 12.9. The maximum atomic E-state index is 12.9. The Morgan fingerprint density at radius 1 is 1.28 bits per heavy atom. The molecule has 194 valence electrons. The third-order valence-electron chi connectivity index (χ3n) is 5.90. The quantitative estimate of drug-likeness (QED) is 0.510. The molecular weight excluding hydrogens is 460 g/mol. The van der Waals surface area contributed by atoms with Crippen molar-refractivity contribution in [2.45, 2.75) is 79.1 Å². The molecule has 0 N–H and O–H groups in total. The highest BCUT2D eigenvalue weighted by Crippen LogP contribution is 2.35. The van der Waals surface area contributed by atoms with Crippen LogP contribution in [0, 0.1) is 18.3 Å². The number of nitriles is 1. The van der Waals surface area contributed by atoms with Crippen molar-refractivity contribution >= 4 is 12.1 Å². The number of benzene rings is 1. The van der Waals surface area contributed by atoms with Crippen LogP contribution < -0.4 is 0 Å². The lowest BCUT2D eigenvalue weighted by atomic mass is 9.96. The summed E-state index contributed by atoms with van der Waals surface area (Å²) >= 11 is 0. The first-order chi connectivity index (χ1) is 17.0. The topological polar surface area (TPSA) is 107 Å². The number of carbonyl (C=O) groups is 2. The van der Waals surface area contributed by atoms with Crippen molar-refractivity contribution in [2.75, 3.05) is 19.8 Å². The van der Waals surface area contributed by atoms with E-state index in [1.54, 1.807) is 27.7 Å². The maximum Gasteiger partial charge on any atom is 0.411 e. The van der Waals surface area contributed by atoms with Gasteiger partial charge >= 0.3 is 12.1 Å². The summed E-state index contributed by atoms with van der Waals surface area (Å²) in [4.78, 5) is 26.2. The lowest BCUT2D eigenvalue weighted by molar-refractivity contribution is -0.148. The Hall–Kier alpha value is -3.38. The van der Waals surface area contributed by atoms with Gasteiger partial charge in [0, 0.05) is 18.5 Å². The van der Waals surface area contributed by atoms with Gasteiger partial charge in [0.1, 0.15) is 12.2 Å². The van der Waals surface area contributed by atoms with E-state index >= 15 is 0 Å². The molecule has 9 nitrogen and oxygen atoms in total. The highest BCUT2D eigenvalue weighted by atomic mass is 16.6. The molecule has 1 aromatic carbocycles. The number of esters is 1. The Labute approximate surface area is 212 Å². The van der Waals surface area contributed by atoms with Gasteiger partial charge in [0.05, 0.1) is 36.4 Å². The predicted octanol–water partition coefficient (Wildman–Crippen LogP) is 4.74. The van der Waals surface area contributed by atoms with Crippen LogP contribution in [-0.4, -0.2) is 52.1 Å². The SMILES string of the molecule is CCOC(=O)COCc1nn(-c2ccc(C(C)C)cc2C)c2c1[C@H](C#N)N(C(=O)OC(C)(C)C)CC2. The number of carbonyl (C=O) groups excluding carboxylic acids is 2. The Morgan fingerprint density at radius 3 is 2.58 bits per heavy atom. The molecule has 1 amide bonds. The lowest BCUT2D eigenvalue weighted by Crippen LogP contribution is -2.43. The highest BCUT2D eigenvalue weighted by Gasteiger charge is 2.38. The number of rotatable bonds is 7. The zero-order valence-electron chi connectivity index (χ0n) is 22.3. The van der Waals surface area contributed by atoms with E-state index in [4.69, 9.17) is 19.3 Å². The Morgan fingerprint density at radius 2 is 2.00 bits per heavy atom. The first kappa shape index (κ1) is 27.2. The van der Waals surface area contributed by atoms with Gasteiger partial charge in [-0.15, -0.1) is 0 Å². The van der Waals surface area contributed by atoms with Crippen molar-refractivity contribution in [3.8, 4) is 11.8 Å². The smallest absolute Gasteiger partial charge is 0.411 e. The number of aromatic nitrogens is 2. The standard InChI is InChI=1S/C27H36N4O5/c1-8-35-24(32)16-34-15-20-25-22(11-12-30(23(25)14-28)26(33)36-27(5,6)7)31(29-20)21-10-9-19(17(2)3)13-18(21)4/h9-10,13,17,23H,8,11-12,15-16H2,1-7H3/t23-/m0/s1.